The van der Waals surface area contributed by atoms with Gasteiger partial charge in [0.2, 0.25) is 5.28 Å². The summed E-state index contributed by atoms with van der Waals surface area (Å²) in [7, 11) is 0. The van der Waals surface area contributed by atoms with Gasteiger partial charge < -0.3 is 19.9 Å². The lowest BCUT2D eigenvalue weighted by Crippen LogP contribution is -2.58. The monoisotopic (exact) mass is 381 g/mol. The largest absolute Gasteiger partial charge is 0.383 e. The summed E-state index contributed by atoms with van der Waals surface area (Å²) in [5.41, 5.74) is -0.863. The summed E-state index contributed by atoms with van der Waals surface area (Å²) < 4.78 is 14.4. The van der Waals surface area contributed by atoms with Crippen molar-refractivity contribution in [2.45, 2.75) is 50.5 Å². The number of morpholine rings is 1. The number of hydrogen-bond donors (Lipinski definition) is 2. The molecule has 26 heavy (non-hydrogen) atoms. The average molecular weight is 382 g/mol. The molecule has 0 bridgehead atoms. The van der Waals surface area contributed by atoms with Gasteiger partial charge in [0, 0.05) is 19.7 Å². The fraction of sp³-hybridized carbons (Fsp3) is 0.706. The third-order valence-corrected chi connectivity index (χ3v) is 5.19. The minimum atomic E-state index is -1.19. The summed E-state index contributed by atoms with van der Waals surface area (Å²) in [5, 5.41) is 14.3. The van der Waals surface area contributed by atoms with Crippen LogP contribution < -0.4 is 5.32 Å². The number of imidazole rings is 1. The van der Waals surface area contributed by atoms with Crippen LogP contribution in [0.2, 0.25) is 5.28 Å². The lowest BCUT2D eigenvalue weighted by molar-refractivity contribution is -0.221. The van der Waals surface area contributed by atoms with Crippen LogP contribution in [0.25, 0.3) is 11.2 Å². The number of aromatic nitrogens is 4. The number of fused-ring (bicyclic) bond motifs is 1. The van der Waals surface area contributed by atoms with Crippen LogP contribution in [0.4, 0.5) is 0 Å². The van der Waals surface area contributed by atoms with Gasteiger partial charge in [-0.3, -0.25) is 4.57 Å². The Morgan fingerprint density at radius 3 is 2.85 bits per heavy atom. The van der Waals surface area contributed by atoms with Gasteiger partial charge in [0.05, 0.1) is 12.8 Å². The molecule has 0 aliphatic carbocycles. The molecule has 2 aromatic heterocycles. The molecule has 2 N–H and O–H groups in total. The lowest BCUT2D eigenvalue weighted by Gasteiger charge is -2.46. The van der Waals surface area contributed by atoms with E-state index in [1.165, 1.54) is 0 Å². The zero-order valence-corrected chi connectivity index (χ0v) is 15.8. The second-order valence-corrected chi connectivity index (χ2v) is 7.73. The van der Waals surface area contributed by atoms with Gasteiger partial charge in [-0.25, -0.2) is 9.97 Å². The van der Waals surface area contributed by atoms with Crippen molar-refractivity contribution in [2.75, 3.05) is 26.3 Å². The predicted molar refractivity (Wildman–Crippen MR) is 96.0 cm³/mol. The highest BCUT2D eigenvalue weighted by molar-refractivity contribution is 6.28. The van der Waals surface area contributed by atoms with Crippen LogP contribution >= 0.6 is 11.6 Å². The smallest absolute Gasteiger partial charge is 0.224 e. The topological polar surface area (TPSA) is 94.3 Å². The highest BCUT2D eigenvalue weighted by Gasteiger charge is 2.48. The van der Waals surface area contributed by atoms with E-state index in [0.29, 0.717) is 36.7 Å². The maximum atomic E-state index is 10.8. The Balaban J connectivity index is 1.97. The van der Waals surface area contributed by atoms with Crippen molar-refractivity contribution in [3.8, 4) is 0 Å². The zero-order chi connectivity index (χ0) is 18.4. The molecule has 2 aliphatic rings. The van der Waals surface area contributed by atoms with Gasteiger partial charge in [-0.2, -0.15) is 4.98 Å². The third-order valence-electron chi connectivity index (χ3n) is 5.01. The van der Waals surface area contributed by atoms with Crippen molar-refractivity contribution in [1.82, 2.24) is 24.8 Å². The molecule has 2 unspecified atom stereocenters. The molecule has 2 fully saturated rings. The van der Waals surface area contributed by atoms with Gasteiger partial charge in [-0.15, -0.1) is 0 Å². The molecule has 4 heterocycles. The molecule has 2 aromatic rings. The highest BCUT2D eigenvalue weighted by Crippen LogP contribution is 2.40. The maximum Gasteiger partial charge on any atom is 0.224 e. The van der Waals surface area contributed by atoms with Gasteiger partial charge in [0.1, 0.15) is 23.0 Å². The summed E-state index contributed by atoms with van der Waals surface area (Å²) >= 11 is 6.07. The van der Waals surface area contributed by atoms with Crippen molar-refractivity contribution in [3.05, 3.63) is 17.3 Å². The van der Waals surface area contributed by atoms with Gasteiger partial charge in [-0.05, 0) is 44.7 Å². The molecule has 2 atom stereocenters. The first kappa shape index (κ1) is 18.1. The van der Waals surface area contributed by atoms with E-state index < -0.39 is 11.3 Å². The fourth-order valence-corrected chi connectivity index (χ4v) is 3.98. The Morgan fingerprint density at radius 2 is 2.19 bits per heavy atom. The number of nitrogens with zero attached hydrogens (tertiary/aromatic N) is 4. The SMILES string of the molecule is CC(C)(O)c1nc2cnc(Cl)nc2n1C1(C2CNCCO2)CCCCO1. The first-order valence-electron chi connectivity index (χ1n) is 9.02. The lowest BCUT2D eigenvalue weighted by atomic mass is 9.94. The molecule has 9 heteroatoms. The van der Waals surface area contributed by atoms with Crippen molar-refractivity contribution in [2.24, 2.45) is 0 Å². The molecule has 2 aliphatic heterocycles. The second kappa shape index (κ2) is 6.69. The molecule has 2 saturated heterocycles. The van der Waals surface area contributed by atoms with Crippen LogP contribution in [0.3, 0.4) is 0 Å². The van der Waals surface area contributed by atoms with Crippen molar-refractivity contribution in [3.63, 3.8) is 0 Å². The molecule has 0 aromatic carbocycles. The summed E-state index contributed by atoms with van der Waals surface area (Å²) in [6.45, 7) is 6.10. The molecular weight excluding hydrogens is 358 g/mol. The van der Waals surface area contributed by atoms with Gasteiger partial charge >= 0.3 is 0 Å². The van der Waals surface area contributed by atoms with E-state index in [9.17, 15) is 5.11 Å². The van der Waals surface area contributed by atoms with Gasteiger partial charge in [0.25, 0.3) is 0 Å². The minimum absolute atomic E-state index is 0.134. The Labute approximate surface area is 156 Å². The third kappa shape index (κ3) is 2.99. The van der Waals surface area contributed by atoms with E-state index in [2.05, 4.69) is 20.3 Å². The van der Waals surface area contributed by atoms with E-state index in [4.69, 9.17) is 21.1 Å². The Bertz CT molecular complexity index is 792. The van der Waals surface area contributed by atoms with Crippen LogP contribution in [-0.4, -0.2) is 57.0 Å². The van der Waals surface area contributed by atoms with E-state index in [1.807, 2.05) is 4.57 Å². The number of hydrogen-bond acceptors (Lipinski definition) is 7. The van der Waals surface area contributed by atoms with Crippen LogP contribution in [0.5, 0.6) is 0 Å². The fourth-order valence-electron chi connectivity index (χ4n) is 3.85. The predicted octanol–water partition coefficient (Wildman–Crippen LogP) is 1.55. The summed E-state index contributed by atoms with van der Waals surface area (Å²) in [6, 6.07) is 0. The first-order valence-corrected chi connectivity index (χ1v) is 9.40. The molecule has 0 radical (unpaired) electrons. The van der Waals surface area contributed by atoms with Crippen molar-refractivity contribution in [1.29, 1.82) is 0 Å². The number of nitrogens with one attached hydrogen (secondary N) is 1. The number of ether oxygens (including phenoxy) is 2. The molecule has 0 saturated carbocycles. The summed E-state index contributed by atoms with van der Waals surface area (Å²) in [4.78, 5) is 13.1. The van der Waals surface area contributed by atoms with Gasteiger partial charge in [0.15, 0.2) is 11.4 Å². The first-order chi connectivity index (χ1) is 12.4. The summed E-state index contributed by atoms with van der Waals surface area (Å²) in [6.07, 6.45) is 4.08. The quantitative estimate of drug-likeness (QED) is 0.779. The van der Waals surface area contributed by atoms with E-state index in [1.54, 1.807) is 20.0 Å². The zero-order valence-electron chi connectivity index (χ0n) is 15.0. The Morgan fingerprint density at radius 1 is 1.35 bits per heavy atom. The van der Waals surface area contributed by atoms with Crippen LogP contribution in [0.1, 0.15) is 38.9 Å². The Kier molecular flexibility index (Phi) is 4.65. The van der Waals surface area contributed by atoms with E-state index in [0.717, 1.165) is 25.8 Å². The van der Waals surface area contributed by atoms with Crippen LogP contribution in [0.15, 0.2) is 6.20 Å². The summed E-state index contributed by atoms with van der Waals surface area (Å²) in [5.74, 6) is 0.472. The molecule has 0 spiro atoms. The molecule has 142 valence electrons. The minimum Gasteiger partial charge on any atom is -0.383 e. The van der Waals surface area contributed by atoms with E-state index in [-0.39, 0.29) is 11.4 Å². The number of aliphatic hydroxyl groups is 1. The van der Waals surface area contributed by atoms with Crippen LogP contribution in [-0.2, 0) is 20.8 Å². The standard InChI is InChI=1S/C17H24ClN5O3/c1-16(2,24)14-21-11-9-20-15(18)22-13(11)23(14)17(5-3-4-7-26-17)12-10-19-6-8-25-12/h9,12,19,24H,3-8,10H2,1-2H3. The van der Waals surface area contributed by atoms with E-state index >= 15 is 0 Å². The van der Waals surface area contributed by atoms with Crippen molar-refractivity contribution >= 4 is 22.8 Å². The molecule has 0 amide bonds. The Hall–Kier alpha value is -1.32. The number of halogens is 1. The molecule has 8 nitrogen and oxygen atoms in total. The normalized spacial score (nSPS) is 27.8. The second-order valence-electron chi connectivity index (χ2n) is 7.39. The van der Waals surface area contributed by atoms with Crippen molar-refractivity contribution < 1.29 is 14.6 Å². The van der Waals surface area contributed by atoms with Crippen LogP contribution in [0, 0.1) is 0 Å². The number of rotatable bonds is 3. The average Bonchev–Trinajstić information content (AvgIpc) is 3.02. The molecule has 4 rings (SSSR count). The maximum absolute atomic E-state index is 10.8. The molecular formula is C17H24ClN5O3. The highest BCUT2D eigenvalue weighted by atomic mass is 35.5. The van der Waals surface area contributed by atoms with Gasteiger partial charge in [-0.1, -0.05) is 0 Å².